The summed E-state index contributed by atoms with van der Waals surface area (Å²) < 4.78 is 0. The Bertz CT molecular complexity index is 323. The fraction of sp³-hybridized carbons (Fsp3) is 0.667. The normalized spacial score (nSPS) is 10.6. The van der Waals surface area contributed by atoms with Gasteiger partial charge >= 0.3 is 0 Å². The van der Waals surface area contributed by atoms with Crippen LogP contribution >= 0.6 is 0 Å². The van der Waals surface area contributed by atoms with Crippen LogP contribution in [0.25, 0.3) is 0 Å². The summed E-state index contributed by atoms with van der Waals surface area (Å²) in [5.74, 6) is 1.91. The molecule has 0 amide bonds. The third kappa shape index (κ3) is 3.36. The minimum atomic E-state index is 0.388. The Morgan fingerprint density at radius 3 is 2.44 bits per heavy atom. The Hall–Kier alpha value is -1.32. The monoisotopic (exact) mass is 222 g/mol. The molecule has 1 rings (SSSR count). The number of anilines is 2. The van der Waals surface area contributed by atoms with E-state index < -0.39 is 0 Å². The molecule has 4 heteroatoms. The lowest BCUT2D eigenvalue weighted by molar-refractivity contribution is 0.873. The lowest BCUT2D eigenvalue weighted by atomic mass is 10.2. The smallest absolute Gasteiger partial charge is 0.134 e. The van der Waals surface area contributed by atoms with Crippen molar-refractivity contribution in [2.75, 3.05) is 17.2 Å². The lowest BCUT2D eigenvalue weighted by Crippen LogP contribution is -2.15. The largest absolute Gasteiger partial charge is 0.370 e. The molecule has 16 heavy (non-hydrogen) atoms. The molecule has 0 aromatic carbocycles. The van der Waals surface area contributed by atoms with Crippen LogP contribution in [0, 0.1) is 0 Å². The highest BCUT2D eigenvalue weighted by atomic mass is 15.1. The van der Waals surface area contributed by atoms with Gasteiger partial charge in [0.2, 0.25) is 0 Å². The number of aromatic nitrogens is 2. The fourth-order valence-electron chi connectivity index (χ4n) is 1.54. The van der Waals surface area contributed by atoms with Gasteiger partial charge in [-0.1, -0.05) is 13.8 Å². The van der Waals surface area contributed by atoms with Crippen LogP contribution in [0.3, 0.4) is 0 Å². The van der Waals surface area contributed by atoms with Crippen LogP contribution < -0.4 is 10.6 Å². The quantitative estimate of drug-likeness (QED) is 0.777. The molecule has 1 heterocycles. The summed E-state index contributed by atoms with van der Waals surface area (Å²) >= 11 is 0. The van der Waals surface area contributed by atoms with E-state index in [1.165, 1.54) is 5.56 Å². The van der Waals surface area contributed by atoms with Crippen molar-refractivity contribution in [3.63, 3.8) is 0 Å². The van der Waals surface area contributed by atoms with Crippen LogP contribution in [-0.4, -0.2) is 22.6 Å². The van der Waals surface area contributed by atoms with E-state index >= 15 is 0 Å². The van der Waals surface area contributed by atoms with Gasteiger partial charge in [-0.25, -0.2) is 9.97 Å². The average molecular weight is 222 g/mol. The highest BCUT2D eigenvalue weighted by Crippen LogP contribution is 2.20. The molecule has 4 nitrogen and oxygen atoms in total. The number of hydrogen-bond donors (Lipinski definition) is 2. The highest BCUT2D eigenvalue weighted by Gasteiger charge is 2.09. The minimum Gasteiger partial charge on any atom is -0.370 e. The summed E-state index contributed by atoms with van der Waals surface area (Å²) in [6.45, 7) is 9.45. The molecule has 1 aromatic heterocycles. The number of nitrogens with zero attached hydrogens (tertiary/aromatic N) is 2. The Kier molecular flexibility index (Phi) is 5.02. The van der Waals surface area contributed by atoms with Gasteiger partial charge in [0, 0.05) is 18.2 Å². The van der Waals surface area contributed by atoms with Crippen molar-refractivity contribution in [1.29, 1.82) is 0 Å². The molecule has 1 aromatic rings. The summed E-state index contributed by atoms with van der Waals surface area (Å²) in [5.41, 5.74) is 1.17. The second-order valence-corrected chi connectivity index (χ2v) is 4.13. The first kappa shape index (κ1) is 12.7. The van der Waals surface area contributed by atoms with Crippen LogP contribution in [0.1, 0.15) is 39.7 Å². The maximum atomic E-state index is 4.30. The van der Waals surface area contributed by atoms with Crippen LogP contribution in [0.2, 0.25) is 0 Å². The first-order valence-electron chi connectivity index (χ1n) is 6.03. The van der Waals surface area contributed by atoms with Crippen molar-refractivity contribution >= 4 is 11.6 Å². The fourth-order valence-corrected chi connectivity index (χ4v) is 1.54. The van der Waals surface area contributed by atoms with E-state index in [1.54, 1.807) is 6.33 Å². The molecule has 0 aliphatic carbocycles. The van der Waals surface area contributed by atoms with Gasteiger partial charge in [0.1, 0.15) is 18.0 Å². The van der Waals surface area contributed by atoms with Gasteiger partial charge in [-0.2, -0.15) is 0 Å². The van der Waals surface area contributed by atoms with Gasteiger partial charge in [-0.05, 0) is 26.7 Å². The van der Waals surface area contributed by atoms with Gasteiger partial charge in [-0.15, -0.1) is 0 Å². The van der Waals surface area contributed by atoms with Gasteiger partial charge < -0.3 is 10.6 Å². The SMILES string of the molecule is CCCNc1ncnc(NC(C)C)c1CC. The van der Waals surface area contributed by atoms with E-state index in [-0.39, 0.29) is 0 Å². The first-order chi connectivity index (χ1) is 7.69. The lowest BCUT2D eigenvalue weighted by Gasteiger charge is -2.15. The molecule has 0 saturated carbocycles. The second kappa shape index (κ2) is 6.30. The maximum Gasteiger partial charge on any atom is 0.134 e. The molecule has 2 N–H and O–H groups in total. The third-order valence-electron chi connectivity index (χ3n) is 2.27. The van der Waals surface area contributed by atoms with E-state index in [9.17, 15) is 0 Å². The standard InChI is InChI=1S/C12H22N4/c1-5-7-13-11-10(6-2)12(15-8-14-11)16-9(3)4/h8-9H,5-7H2,1-4H3,(H2,13,14,15,16). The van der Waals surface area contributed by atoms with E-state index in [0.717, 1.165) is 31.0 Å². The van der Waals surface area contributed by atoms with Crippen LogP contribution in [0.5, 0.6) is 0 Å². The van der Waals surface area contributed by atoms with Crippen molar-refractivity contribution in [3.8, 4) is 0 Å². The minimum absolute atomic E-state index is 0.388. The number of rotatable bonds is 6. The van der Waals surface area contributed by atoms with Crippen molar-refractivity contribution in [1.82, 2.24) is 9.97 Å². The van der Waals surface area contributed by atoms with E-state index in [1.807, 2.05) is 0 Å². The Balaban J connectivity index is 2.91. The predicted octanol–water partition coefficient (Wildman–Crippen LogP) is 2.68. The topological polar surface area (TPSA) is 49.8 Å². The van der Waals surface area contributed by atoms with Gasteiger partial charge in [0.25, 0.3) is 0 Å². The van der Waals surface area contributed by atoms with Crippen molar-refractivity contribution in [2.45, 2.75) is 46.6 Å². The Morgan fingerprint density at radius 2 is 1.88 bits per heavy atom. The molecular formula is C12H22N4. The Labute approximate surface area is 97.9 Å². The Morgan fingerprint density at radius 1 is 1.19 bits per heavy atom. The number of hydrogen-bond acceptors (Lipinski definition) is 4. The summed E-state index contributed by atoms with van der Waals surface area (Å²) in [6, 6.07) is 0.388. The zero-order valence-electron chi connectivity index (χ0n) is 10.7. The third-order valence-corrected chi connectivity index (χ3v) is 2.27. The van der Waals surface area contributed by atoms with Gasteiger partial charge in [-0.3, -0.25) is 0 Å². The van der Waals surface area contributed by atoms with Crippen molar-refractivity contribution in [3.05, 3.63) is 11.9 Å². The number of nitrogens with one attached hydrogen (secondary N) is 2. The van der Waals surface area contributed by atoms with E-state index in [2.05, 4.69) is 48.3 Å². The molecule has 0 bridgehead atoms. The van der Waals surface area contributed by atoms with E-state index in [4.69, 9.17) is 0 Å². The van der Waals surface area contributed by atoms with Gasteiger partial charge in [0.05, 0.1) is 0 Å². The molecule has 0 aliphatic heterocycles. The summed E-state index contributed by atoms with van der Waals surface area (Å²) in [4.78, 5) is 8.59. The second-order valence-electron chi connectivity index (χ2n) is 4.13. The molecule has 0 aliphatic rings. The summed E-state index contributed by atoms with van der Waals surface area (Å²) in [6.07, 6.45) is 3.64. The van der Waals surface area contributed by atoms with Crippen LogP contribution in [-0.2, 0) is 6.42 Å². The summed E-state index contributed by atoms with van der Waals surface area (Å²) in [7, 11) is 0. The molecular weight excluding hydrogens is 200 g/mol. The first-order valence-corrected chi connectivity index (χ1v) is 6.03. The molecule has 0 fully saturated rings. The molecule has 0 saturated heterocycles. The van der Waals surface area contributed by atoms with Crippen molar-refractivity contribution in [2.24, 2.45) is 0 Å². The summed E-state index contributed by atoms with van der Waals surface area (Å²) in [5, 5.41) is 6.69. The molecule has 0 unspecified atom stereocenters. The van der Waals surface area contributed by atoms with Gasteiger partial charge in [0.15, 0.2) is 0 Å². The maximum absolute atomic E-state index is 4.30. The van der Waals surface area contributed by atoms with E-state index in [0.29, 0.717) is 6.04 Å². The molecule has 0 radical (unpaired) electrons. The predicted molar refractivity (Wildman–Crippen MR) is 68.9 cm³/mol. The highest BCUT2D eigenvalue weighted by molar-refractivity contribution is 5.57. The molecule has 0 atom stereocenters. The average Bonchev–Trinajstić information content (AvgIpc) is 2.25. The van der Waals surface area contributed by atoms with Crippen LogP contribution in [0.15, 0.2) is 6.33 Å². The van der Waals surface area contributed by atoms with Crippen LogP contribution in [0.4, 0.5) is 11.6 Å². The zero-order chi connectivity index (χ0) is 12.0. The van der Waals surface area contributed by atoms with Crippen molar-refractivity contribution < 1.29 is 0 Å². The molecule has 0 spiro atoms. The zero-order valence-corrected chi connectivity index (χ0v) is 10.7. The molecule has 90 valence electrons.